The summed E-state index contributed by atoms with van der Waals surface area (Å²) >= 11 is 0. The number of nitrogens with one attached hydrogen (secondary N) is 1. The third kappa shape index (κ3) is 3.72. The Morgan fingerprint density at radius 1 is 1.38 bits per heavy atom. The number of sulfonamides is 1. The van der Waals surface area contributed by atoms with Crippen LogP contribution in [0.15, 0.2) is 17.1 Å². The number of aromatic nitrogens is 2. The zero-order chi connectivity index (χ0) is 18.1. The molecule has 1 aromatic rings. The maximum Gasteiger partial charge on any atom is 0.351 e. The zero-order valence-corrected chi connectivity index (χ0v) is 14.0. The van der Waals surface area contributed by atoms with Gasteiger partial charge in [-0.3, -0.25) is 14.1 Å². The molecule has 0 bridgehead atoms. The second-order valence-corrected chi connectivity index (χ2v) is 6.88. The van der Waals surface area contributed by atoms with E-state index in [1.165, 1.54) is 26.5 Å². The van der Waals surface area contributed by atoms with Gasteiger partial charge in [0, 0.05) is 20.4 Å². The zero-order valence-electron chi connectivity index (χ0n) is 13.2. The molecule has 3 N–H and O–H groups in total. The van der Waals surface area contributed by atoms with Gasteiger partial charge in [-0.15, -0.1) is 0 Å². The third-order valence-corrected chi connectivity index (χ3v) is 3.98. The summed E-state index contributed by atoms with van der Waals surface area (Å²) in [5.74, 6) is -0.900. The number of hydrogen-bond donors (Lipinski definition) is 2. The first kappa shape index (κ1) is 18.3. The van der Waals surface area contributed by atoms with E-state index in [2.05, 4.69) is 4.98 Å². The van der Waals surface area contributed by atoms with E-state index in [4.69, 9.17) is 19.9 Å². The van der Waals surface area contributed by atoms with Crippen LogP contribution in [0.3, 0.4) is 0 Å². The lowest BCUT2D eigenvalue weighted by atomic mass is 10.1. The Balaban J connectivity index is 2.37. The number of amides is 1. The average molecular weight is 362 g/mol. The van der Waals surface area contributed by atoms with Crippen LogP contribution in [-0.2, 0) is 29.0 Å². The van der Waals surface area contributed by atoms with Gasteiger partial charge in [-0.2, -0.15) is 4.98 Å². The lowest BCUT2D eigenvalue weighted by molar-refractivity contribution is -0.136. The van der Waals surface area contributed by atoms with Gasteiger partial charge in [0.1, 0.15) is 18.0 Å². The SMILES string of the molecule is CO[C@@H]1[C@H](OC)[C@@H](C(=O)NS(C)(=O)=O)O[C@H]1n1ccc(N)nc1=O. The summed E-state index contributed by atoms with van der Waals surface area (Å²) in [7, 11) is -1.13. The molecular weight excluding hydrogens is 344 g/mol. The molecule has 11 nitrogen and oxygen atoms in total. The standard InChI is InChI=1S/C12H18N4O7S/c1-21-7-8(10(17)15-24(3,19)20)23-11(9(7)22-2)16-5-4-6(13)14-12(16)18/h4-5,7-9,11H,1-3H3,(H,15,17)(H2,13,14,18)/t7-,8+,9-,11-/m1/s1. The number of hydrogen-bond acceptors (Lipinski definition) is 9. The summed E-state index contributed by atoms with van der Waals surface area (Å²) in [6.07, 6.45) is -1.97. The van der Waals surface area contributed by atoms with Crippen LogP contribution in [-0.4, -0.2) is 62.7 Å². The van der Waals surface area contributed by atoms with Gasteiger partial charge in [-0.1, -0.05) is 0 Å². The van der Waals surface area contributed by atoms with Crippen molar-refractivity contribution in [2.24, 2.45) is 0 Å². The van der Waals surface area contributed by atoms with Crippen molar-refractivity contribution in [3.8, 4) is 0 Å². The predicted octanol–water partition coefficient (Wildman–Crippen LogP) is -2.17. The Kier molecular flexibility index (Phi) is 5.22. The van der Waals surface area contributed by atoms with Gasteiger partial charge in [-0.05, 0) is 6.07 Å². The van der Waals surface area contributed by atoms with E-state index >= 15 is 0 Å². The second kappa shape index (κ2) is 6.84. The number of carbonyl (C=O) groups is 1. The minimum Gasteiger partial charge on any atom is -0.383 e. The molecule has 0 saturated carbocycles. The quantitative estimate of drug-likeness (QED) is 0.596. The molecule has 1 aliphatic heterocycles. The number of nitrogens with zero attached hydrogens (tertiary/aromatic N) is 2. The topological polar surface area (TPSA) is 152 Å². The Hall–Kier alpha value is -2.02. The summed E-state index contributed by atoms with van der Waals surface area (Å²) in [5.41, 5.74) is 4.73. The van der Waals surface area contributed by atoms with Gasteiger partial charge >= 0.3 is 5.69 Å². The highest BCUT2D eigenvalue weighted by molar-refractivity contribution is 7.89. The number of anilines is 1. The van der Waals surface area contributed by atoms with Crippen molar-refractivity contribution in [2.75, 3.05) is 26.2 Å². The number of nitrogens with two attached hydrogens (primary N) is 1. The van der Waals surface area contributed by atoms with Crippen LogP contribution in [0.4, 0.5) is 5.82 Å². The molecule has 24 heavy (non-hydrogen) atoms. The summed E-state index contributed by atoms with van der Waals surface area (Å²) in [6, 6.07) is 1.38. The fourth-order valence-corrected chi connectivity index (χ4v) is 2.92. The molecule has 1 saturated heterocycles. The van der Waals surface area contributed by atoms with Crippen LogP contribution in [0, 0.1) is 0 Å². The third-order valence-electron chi connectivity index (χ3n) is 3.40. The first-order valence-corrected chi connectivity index (χ1v) is 8.64. The first-order chi connectivity index (χ1) is 11.2. The number of ether oxygens (including phenoxy) is 3. The smallest absolute Gasteiger partial charge is 0.351 e. The fraction of sp³-hybridized carbons (Fsp3) is 0.583. The molecule has 134 valence electrons. The maximum atomic E-state index is 12.1. The van der Waals surface area contributed by atoms with Gasteiger partial charge < -0.3 is 19.9 Å². The molecule has 1 aromatic heterocycles. The van der Waals surface area contributed by atoms with E-state index in [1.807, 2.05) is 4.72 Å². The molecule has 1 aliphatic rings. The Labute approximate surface area is 137 Å². The van der Waals surface area contributed by atoms with Crippen molar-refractivity contribution in [2.45, 2.75) is 24.5 Å². The summed E-state index contributed by atoms with van der Waals surface area (Å²) in [4.78, 5) is 27.7. The molecule has 0 aromatic carbocycles. The highest BCUT2D eigenvalue weighted by atomic mass is 32.2. The minimum absolute atomic E-state index is 0.0258. The monoisotopic (exact) mass is 362 g/mol. The normalized spacial score (nSPS) is 27.1. The Morgan fingerprint density at radius 3 is 2.50 bits per heavy atom. The van der Waals surface area contributed by atoms with E-state index in [0.29, 0.717) is 0 Å². The molecule has 0 spiro atoms. The maximum absolute atomic E-state index is 12.1. The highest BCUT2D eigenvalue weighted by Crippen LogP contribution is 2.32. The minimum atomic E-state index is -3.79. The van der Waals surface area contributed by atoms with Crippen molar-refractivity contribution in [1.29, 1.82) is 0 Å². The highest BCUT2D eigenvalue weighted by Gasteiger charge is 2.50. The summed E-state index contributed by atoms with van der Waals surface area (Å²) in [5, 5.41) is 0. The summed E-state index contributed by atoms with van der Waals surface area (Å²) < 4.78 is 41.4. The van der Waals surface area contributed by atoms with Crippen molar-refractivity contribution in [3.05, 3.63) is 22.7 Å². The van der Waals surface area contributed by atoms with Crippen LogP contribution >= 0.6 is 0 Å². The van der Waals surface area contributed by atoms with E-state index in [0.717, 1.165) is 10.8 Å². The van der Waals surface area contributed by atoms with Gasteiger partial charge in [0.2, 0.25) is 10.0 Å². The van der Waals surface area contributed by atoms with E-state index in [1.54, 1.807) is 0 Å². The first-order valence-electron chi connectivity index (χ1n) is 6.75. The molecule has 0 radical (unpaired) electrons. The average Bonchev–Trinajstić information content (AvgIpc) is 2.83. The van der Waals surface area contributed by atoms with Gasteiger partial charge in [-0.25, -0.2) is 13.2 Å². The number of rotatable bonds is 5. The number of carbonyl (C=O) groups excluding carboxylic acids is 1. The molecule has 4 atom stereocenters. The van der Waals surface area contributed by atoms with Crippen LogP contribution in [0.5, 0.6) is 0 Å². The largest absolute Gasteiger partial charge is 0.383 e. The Bertz CT molecular complexity index is 778. The molecule has 1 amide bonds. The van der Waals surface area contributed by atoms with E-state index in [-0.39, 0.29) is 5.82 Å². The number of nitrogen functional groups attached to an aromatic ring is 1. The van der Waals surface area contributed by atoms with E-state index in [9.17, 15) is 18.0 Å². The number of methoxy groups -OCH3 is 2. The lowest BCUT2D eigenvalue weighted by Gasteiger charge is -2.21. The second-order valence-electron chi connectivity index (χ2n) is 5.13. The molecule has 0 unspecified atom stereocenters. The van der Waals surface area contributed by atoms with Crippen LogP contribution < -0.4 is 16.1 Å². The molecule has 2 heterocycles. The van der Waals surface area contributed by atoms with Crippen molar-refractivity contribution in [1.82, 2.24) is 14.3 Å². The van der Waals surface area contributed by atoms with E-state index < -0.39 is 46.2 Å². The van der Waals surface area contributed by atoms with Crippen LogP contribution in [0.25, 0.3) is 0 Å². The van der Waals surface area contributed by atoms with Crippen molar-refractivity contribution in [3.63, 3.8) is 0 Å². The van der Waals surface area contributed by atoms with Crippen LogP contribution in [0.1, 0.15) is 6.23 Å². The summed E-state index contributed by atoms with van der Waals surface area (Å²) in [6.45, 7) is 0. The van der Waals surface area contributed by atoms with Crippen LogP contribution in [0.2, 0.25) is 0 Å². The molecule has 12 heteroatoms. The fourth-order valence-electron chi connectivity index (χ4n) is 2.44. The lowest BCUT2D eigenvalue weighted by Crippen LogP contribution is -2.45. The van der Waals surface area contributed by atoms with Crippen molar-refractivity contribution < 1.29 is 27.4 Å². The predicted molar refractivity (Wildman–Crippen MR) is 81.4 cm³/mol. The Morgan fingerprint density at radius 2 is 2.00 bits per heavy atom. The molecule has 1 fully saturated rings. The molecular formula is C12H18N4O7S. The van der Waals surface area contributed by atoms with Gasteiger partial charge in [0.15, 0.2) is 12.3 Å². The van der Waals surface area contributed by atoms with Gasteiger partial charge in [0.05, 0.1) is 6.26 Å². The van der Waals surface area contributed by atoms with Gasteiger partial charge in [0.25, 0.3) is 5.91 Å². The van der Waals surface area contributed by atoms with Crippen molar-refractivity contribution >= 4 is 21.7 Å². The molecule has 2 rings (SSSR count). The molecule has 0 aliphatic carbocycles.